The molecule has 0 spiro atoms. The van der Waals surface area contributed by atoms with Crippen molar-refractivity contribution in [2.45, 2.75) is 37.6 Å². The van der Waals surface area contributed by atoms with E-state index in [9.17, 15) is 10.2 Å². The van der Waals surface area contributed by atoms with Gasteiger partial charge in [0.15, 0.2) is 0 Å². The predicted molar refractivity (Wildman–Crippen MR) is 97.5 cm³/mol. The maximum Gasteiger partial charge on any atom is 0.141 e. The summed E-state index contributed by atoms with van der Waals surface area (Å²) in [5.41, 5.74) is 16.0. The van der Waals surface area contributed by atoms with E-state index in [2.05, 4.69) is 15.5 Å². The lowest BCUT2D eigenvalue weighted by Crippen LogP contribution is -2.45. The Balaban J connectivity index is 4.56. The summed E-state index contributed by atoms with van der Waals surface area (Å²) in [4.78, 5) is 0. The predicted octanol–water partition coefficient (Wildman–Crippen LogP) is -2.46. The van der Waals surface area contributed by atoms with E-state index in [1.54, 1.807) is 0 Å². The molecule has 14 nitrogen and oxygen atoms in total. The van der Waals surface area contributed by atoms with Gasteiger partial charge in [-0.25, -0.2) is 0 Å². The van der Waals surface area contributed by atoms with Gasteiger partial charge in [0.05, 0.1) is 33.0 Å². The highest BCUT2D eigenvalue weighted by atomic mass is 16.5. The van der Waals surface area contributed by atoms with Crippen molar-refractivity contribution in [3.63, 3.8) is 0 Å². The largest absolute Gasteiger partial charge is 0.409 e. The number of amidine groups is 3. The SMILES string of the molecule is NC(CCOCC(O)C(OCCC(N)=NO)C(O)COCCC(N)=NO)=NO. The van der Waals surface area contributed by atoms with Gasteiger partial charge in [-0.05, 0) is 0 Å². The van der Waals surface area contributed by atoms with Crippen molar-refractivity contribution < 1.29 is 40.0 Å². The Morgan fingerprint density at radius 2 is 1.04 bits per heavy atom. The van der Waals surface area contributed by atoms with Crippen LogP contribution in [0.3, 0.4) is 0 Å². The second kappa shape index (κ2) is 15.6. The molecule has 0 saturated heterocycles. The molecule has 0 radical (unpaired) electrons. The van der Waals surface area contributed by atoms with E-state index in [1.807, 2.05) is 0 Å². The minimum atomic E-state index is -1.23. The summed E-state index contributed by atoms with van der Waals surface area (Å²) in [5, 5.41) is 54.3. The summed E-state index contributed by atoms with van der Waals surface area (Å²) in [6, 6.07) is 0. The Labute approximate surface area is 161 Å². The summed E-state index contributed by atoms with van der Waals surface area (Å²) in [7, 11) is 0. The van der Waals surface area contributed by atoms with Gasteiger partial charge in [0, 0.05) is 19.3 Å². The molecule has 0 amide bonds. The van der Waals surface area contributed by atoms with Crippen molar-refractivity contribution in [1.29, 1.82) is 0 Å². The van der Waals surface area contributed by atoms with Gasteiger partial charge in [-0.2, -0.15) is 0 Å². The molecule has 0 rings (SSSR count). The Kier molecular flexibility index (Phi) is 14.3. The molecule has 0 heterocycles. The second-order valence-corrected chi connectivity index (χ2v) is 5.64. The minimum absolute atomic E-state index is 0.0276. The third kappa shape index (κ3) is 12.1. The van der Waals surface area contributed by atoms with Gasteiger partial charge in [0.25, 0.3) is 0 Å². The Morgan fingerprint density at radius 3 is 1.39 bits per heavy atom. The van der Waals surface area contributed by atoms with E-state index in [1.165, 1.54) is 0 Å². The third-order valence-electron chi connectivity index (χ3n) is 3.39. The van der Waals surface area contributed by atoms with E-state index in [4.69, 9.17) is 47.0 Å². The van der Waals surface area contributed by atoms with Crippen molar-refractivity contribution >= 4 is 17.5 Å². The van der Waals surface area contributed by atoms with Crippen LogP contribution in [0.4, 0.5) is 0 Å². The van der Waals surface area contributed by atoms with E-state index in [0.29, 0.717) is 0 Å². The van der Waals surface area contributed by atoms with Crippen LogP contribution in [-0.2, 0) is 14.2 Å². The lowest BCUT2D eigenvalue weighted by molar-refractivity contribution is -0.134. The number of nitrogens with zero attached hydrogens (tertiary/aromatic N) is 3. The Bertz CT molecular complexity index is 472. The molecule has 11 N–H and O–H groups in total. The number of rotatable bonds is 16. The van der Waals surface area contributed by atoms with Crippen molar-refractivity contribution in [1.82, 2.24) is 0 Å². The number of ether oxygens (including phenoxy) is 3. The van der Waals surface area contributed by atoms with Crippen molar-refractivity contribution in [2.24, 2.45) is 32.7 Å². The zero-order valence-corrected chi connectivity index (χ0v) is 15.4. The maximum atomic E-state index is 10.2. The summed E-state index contributed by atoms with van der Waals surface area (Å²) in [5.74, 6) is -0.131. The highest BCUT2D eigenvalue weighted by molar-refractivity contribution is 5.80. The first-order valence-electron chi connectivity index (χ1n) is 8.38. The van der Waals surface area contributed by atoms with E-state index < -0.39 is 18.3 Å². The average molecular weight is 410 g/mol. The van der Waals surface area contributed by atoms with Gasteiger partial charge in [0.2, 0.25) is 0 Å². The fourth-order valence-corrected chi connectivity index (χ4v) is 1.88. The van der Waals surface area contributed by atoms with Crippen molar-refractivity contribution in [3.05, 3.63) is 0 Å². The van der Waals surface area contributed by atoms with Gasteiger partial charge in [0.1, 0.15) is 35.8 Å². The van der Waals surface area contributed by atoms with Crippen LogP contribution in [-0.4, -0.2) is 94.7 Å². The molecule has 0 aromatic carbocycles. The van der Waals surface area contributed by atoms with E-state index in [-0.39, 0.29) is 69.8 Å². The number of aliphatic hydroxyl groups is 2. The number of aliphatic hydroxyl groups excluding tert-OH is 2. The van der Waals surface area contributed by atoms with Gasteiger partial charge in [-0.3, -0.25) is 0 Å². The number of hydrogen-bond acceptors (Lipinski definition) is 11. The van der Waals surface area contributed by atoms with Crippen LogP contribution in [0, 0.1) is 0 Å². The second-order valence-electron chi connectivity index (χ2n) is 5.64. The zero-order valence-electron chi connectivity index (χ0n) is 15.4. The maximum absolute atomic E-state index is 10.2. The van der Waals surface area contributed by atoms with Crippen LogP contribution >= 0.6 is 0 Å². The lowest BCUT2D eigenvalue weighted by Gasteiger charge is -2.27. The molecule has 0 aromatic rings. The summed E-state index contributed by atoms with van der Waals surface area (Å²) in [6.07, 6.45) is -3.19. The van der Waals surface area contributed by atoms with Gasteiger partial charge in [-0.15, -0.1) is 0 Å². The summed E-state index contributed by atoms with van der Waals surface area (Å²) >= 11 is 0. The molecule has 0 aliphatic heterocycles. The first-order valence-corrected chi connectivity index (χ1v) is 8.38. The molecule has 164 valence electrons. The zero-order chi connectivity index (χ0) is 21.4. The Morgan fingerprint density at radius 1 is 0.679 bits per heavy atom. The molecule has 0 fully saturated rings. The monoisotopic (exact) mass is 410 g/mol. The standard InChI is InChI=1S/C14H30N6O8/c15-11(18-23)1-4-26-7-9(21)14(28-6-3-13(17)20-25)10(22)8-27-5-2-12(16)19-24/h9-10,14,21-25H,1-8H2,(H2,15,18)(H2,16,19)(H2,17,20). The number of oxime groups is 3. The quantitative estimate of drug-likeness (QED) is 0.0435. The molecular weight excluding hydrogens is 380 g/mol. The molecule has 2 atom stereocenters. The van der Waals surface area contributed by atoms with Crippen LogP contribution in [0.5, 0.6) is 0 Å². The lowest BCUT2D eigenvalue weighted by atomic mass is 10.1. The summed E-state index contributed by atoms with van der Waals surface area (Å²) in [6.45, 7) is -0.280. The van der Waals surface area contributed by atoms with Crippen LogP contribution < -0.4 is 17.2 Å². The fourth-order valence-electron chi connectivity index (χ4n) is 1.88. The molecule has 14 heteroatoms. The van der Waals surface area contributed by atoms with Crippen molar-refractivity contribution in [3.8, 4) is 0 Å². The first-order chi connectivity index (χ1) is 13.3. The smallest absolute Gasteiger partial charge is 0.141 e. The fraction of sp³-hybridized carbons (Fsp3) is 0.786. The van der Waals surface area contributed by atoms with Crippen LogP contribution in [0.1, 0.15) is 19.3 Å². The van der Waals surface area contributed by atoms with Gasteiger partial charge >= 0.3 is 0 Å². The number of nitrogens with two attached hydrogens (primary N) is 3. The summed E-state index contributed by atoms with van der Waals surface area (Å²) < 4.78 is 15.9. The topological polar surface area (TPSA) is 244 Å². The average Bonchev–Trinajstić information content (AvgIpc) is 2.70. The van der Waals surface area contributed by atoms with Gasteiger partial charge in [-0.1, -0.05) is 15.5 Å². The van der Waals surface area contributed by atoms with Crippen LogP contribution in [0.15, 0.2) is 15.5 Å². The molecule has 2 unspecified atom stereocenters. The molecule has 0 aliphatic carbocycles. The van der Waals surface area contributed by atoms with Crippen LogP contribution in [0.25, 0.3) is 0 Å². The molecule has 0 aromatic heterocycles. The van der Waals surface area contributed by atoms with Crippen molar-refractivity contribution in [2.75, 3.05) is 33.0 Å². The van der Waals surface area contributed by atoms with Gasteiger partial charge < -0.3 is 57.2 Å². The van der Waals surface area contributed by atoms with E-state index >= 15 is 0 Å². The van der Waals surface area contributed by atoms with Crippen LogP contribution in [0.2, 0.25) is 0 Å². The molecular formula is C14H30N6O8. The highest BCUT2D eigenvalue weighted by Crippen LogP contribution is 2.09. The molecule has 0 aliphatic rings. The molecule has 0 saturated carbocycles. The minimum Gasteiger partial charge on any atom is -0.409 e. The molecule has 0 bridgehead atoms. The molecule has 28 heavy (non-hydrogen) atoms. The highest BCUT2D eigenvalue weighted by Gasteiger charge is 2.28. The van der Waals surface area contributed by atoms with E-state index in [0.717, 1.165) is 0 Å². The normalized spacial score (nSPS) is 16.7. The first kappa shape index (κ1) is 25.6. The third-order valence-corrected chi connectivity index (χ3v) is 3.39. The number of hydrogen-bond donors (Lipinski definition) is 8. The Hall–Kier alpha value is -2.39.